The molecule has 7 heteroatoms. The molecule has 0 radical (unpaired) electrons. The van der Waals surface area contributed by atoms with Crippen LogP contribution in [0.15, 0.2) is 60.7 Å². The van der Waals surface area contributed by atoms with E-state index < -0.39 is 0 Å². The molecule has 0 saturated carbocycles. The highest BCUT2D eigenvalue weighted by atomic mass is 19.1. The maximum Gasteiger partial charge on any atom is 0.255 e. The van der Waals surface area contributed by atoms with E-state index in [0.717, 1.165) is 33.4 Å². The minimum Gasteiger partial charge on any atom is -0.365 e. The van der Waals surface area contributed by atoms with Crippen molar-refractivity contribution in [2.24, 2.45) is 0 Å². The van der Waals surface area contributed by atoms with Crippen LogP contribution in [0.5, 0.6) is 0 Å². The molecular formula is C26H26FN5O. The number of hydrogen-bond acceptors (Lipinski definition) is 5. The molecule has 0 unspecified atom stereocenters. The number of hydrogen-bond donors (Lipinski definition) is 2. The van der Waals surface area contributed by atoms with Gasteiger partial charge in [0.05, 0.1) is 5.52 Å². The largest absolute Gasteiger partial charge is 0.365 e. The Hall–Kier alpha value is -4.00. The lowest BCUT2D eigenvalue weighted by molar-refractivity contribution is 0.102. The fraction of sp³-hybridized carbons (Fsp3) is 0.192. The van der Waals surface area contributed by atoms with Gasteiger partial charge in [-0.3, -0.25) is 4.79 Å². The molecule has 0 saturated heterocycles. The Bertz CT molecular complexity index is 1300. The van der Waals surface area contributed by atoms with E-state index in [1.807, 2.05) is 43.3 Å². The highest BCUT2D eigenvalue weighted by Crippen LogP contribution is 2.27. The van der Waals surface area contributed by atoms with E-state index in [2.05, 4.69) is 36.6 Å². The Morgan fingerprint density at radius 2 is 1.67 bits per heavy atom. The Morgan fingerprint density at radius 3 is 2.33 bits per heavy atom. The van der Waals surface area contributed by atoms with Gasteiger partial charge in [-0.05, 0) is 73.0 Å². The molecule has 0 atom stereocenters. The van der Waals surface area contributed by atoms with Gasteiger partial charge in [0.15, 0.2) is 0 Å². The quantitative estimate of drug-likeness (QED) is 0.422. The molecule has 33 heavy (non-hydrogen) atoms. The molecule has 6 nitrogen and oxygen atoms in total. The predicted molar refractivity (Wildman–Crippen MR) is 131 cm³/mol. The summed E-state index contributed by atoms with van der Waals surface area (Å²) in [6.45, 7) is 4.69. The lowest BCUT2D eigenvalue weighted by atomic mass is 10.1. The SMILES string of the molecule is Cc1cc(C)c2nc(N(C)C)nc(NCc3ccc(NC(=O)c4ccc(F)cc4)cc3)c2c1. The number of aryl methyl sites for hydroxylation is 2. The van der Waals surface area contributed by atoms with Crippen molar-refractivity contribution >= 4 is 34.3 Å². The average molecular weight is 444 g/mol. The Kier molecular flexibility index (Phi) is 6.22. The molecule has 4 aromatic rings. The average Bonchev–Trinajstić information content (AvgIpc) is 2.78. The molecule has 1 amide bonds. The summed E-state index contributed by atoms with van der Waals surface area (Å²) in [6.07, 6.45) is 0. The van der Waals surface area contributed by atoms with Crippen molar-refractivity contribution in [2.45, 2.75) is 20.4 Å². The van der Waals surface area contributed by atoms with Crippen LogP contribution in [0.3, 0.4) is 0 Å². The number of carbonyl (C=O) groups is 1. The second-order valence-electron chi connectivity index (χ2n) is 8.26. The van der Waals surface area contributed by atoms with E-state index in [-0.39, 0.29) is 11.7 Å². The first kappa shape index (κ1) is 22.2. The molecule has 0 aliphatic carbocycles. The zero-order chi connectivity index (χ0) is 23.5. The van der Waals surface area contributed by atoms with E-state index >= 15 is 0 Å². The lowest BCUT2D eigenvalue weighted by Gasteiger charge is -2.16. The van der Waals surface area contributed by atoms with Gasteiger partial charge in [-0.15, -0.1) is 0 Å². The predicted octanol–water partition coefficient (Wildman–Crippen LogP) is 5.32. The highest BCUT2D eigenvalue weighted by Gasteiger charge is 2.12. The molecule has 168 valence electrons. The van der Waals surface area contributed by atoms with Crippen molar-refractivity contribution in [1.82, 2.24) is 9.97 Å². The number of rotatable bonds is 6. The number of benzene rings is 3. The van der Waals surface area contributed by atoms with Crippen LogP contribution >= 0.6 is 0 Å². The van der Waals surface area contributed by atoms with Crippen LogP contribution in [0.4, 0.5) is 21.8 Å². The van der Waals surface area contributed by atoms with Crippen LogP contribution in [-0.4, -0.2) is 30.0 Å². The first-order valence-electron chi connectivity index (χ1n) is 10.7. The molecule has 2 N–H and O–H groups in total. The van der Waals surface area contributed by atoms with Crippen LogP contribution in [0.2, 0.25) is 0 Å². The van der Waals surface area contributed by atoms with Gasteiger partial charge in [-0.25, -0.2) is 9.37 Å². The lowest BCUT2D eigenvalue weighted by Crippen LogP contribution is -2.15. The van der Waals surface area contributed by atoms with E-state index in [0.29, 0.717) is 23.7 Å². The van der Waals surface area contributed by atoms with Gasteiger partial charge in [0.25, 0.3) is 5.91 Å². The van der Waals surface area contributed by atoms with Gasteiger partial charge in [0.1, 0.15) is 11.6 Å². The van der Waals surface area contributed by atoms with Gasteiger partial charge in [-0.1, -0.05) is 18.2 Å². The minimum atomic E-state index is -0.372. The molecule has 0 bridgehead atoms. The fourth-order valence-corrected chi connectivity index (χ4v) is 3.61. The van der Waals surface area contributed by atoms with Gasteiger partial charge < -0.3 is 15.5 Å². The van der Waals surface area contributed by atoms with E-state index in [1.54, 1.807) is 0 Å². The van der Waals surface area contributed by atoms with Crippen molar-refractivity contribution in [1.29, 1.82) is 0 Å². The second-order valence-corrected chi connectivity index (χ2v) is 8.26. The summed E-state index contributed by atoms with van der Waals surface area (Å²) in [6, 6.07) is 17.2. The van der Waals surface area contributed by atoms with E-state index in [9.17, 15) is 9.18 Å². The topological polar surface area (TPSA) is 70.2 Å². The second kappa shape index (κ2) is 9.24. The van der Waals surface area contributed by atoms with Crippen molar-refractivity contribution in [3.8, 4) is 0 Å². The van der Waals surface area contributed by atoms with Gasteiger partial charge in [0.2, 0.25) is 5.95 Å². The number of nitrogens with one attached hydrogen (secondary N) is 2. The summed E-state index contributed by atoms with van der Waals surface area (Å²) in [4.78, 5) is 23.6. The Labute approximate surface area is 192 Å². The summed E-state index contributed by atoms with van der Waals surface area (Å²) in [5.74, 6) is 0.776. The summed E-state index contributed by atoms with van der Waals surface area (Å²) in [5.41, 5.74) is 5.31. The van der Waals surface area contributed by atoms with Crippen LogP contribution in [0.25, 0.3) is 10.9 Å². The number of amides is 1. The smallest absolute Gasteiger partial charge is 0.255 e. The van der Waals surface area contributed by atoms with Crippen LogP contribution in [0.1, 0.15) is 27.0 Å². The van der Waals surface area contributed by atoms with Crippen molar-refractivity contribution in [2.75, 3.05) is 29.6 Å². The first-order valence-corrected chi connectivity index (χ1v) is 10.7. The molecule has 0 aliphatic heterocycles. The Balaban J connectivity index is 1.50. The zero-order valence-corrected chi connectivity index (χ0v) is 19.1. The Morgan fingerprint density at radius 1 is 0.970 bits per heavy atom. The molecular weight excluding hydrogens is 417 g/mol. The maximum absolute atomic E-state index is 13.1. The number of anilines is 3. The fourth-order valence-electron chi connectivity index (χ4n) is 3.61. The summed E-state index contributed by atoms with van der Waals surface area (Å²) in [7, 11) is 3.85. The maximum atomic E-state index is 13.1. The number of aromatic nitrogens is 2. The first-order chi connectivity index (χ1) is 15.8. The summed E-state index contributed by atoms with van der Waals surface area (Å²) in [5, 5.41) is 7.26. The van der Waals surface area contributed by atoms with Gasteiger partial charge in [0, 0.05) is 37.3 Å². The van der Waals surface area contributed by atoms with Gasteiger partial charge >= 0.3 is 0 Å². The number of halogens is 1. The van der Waals surface area contributed by atoms with Crippen molar-refractivity contribution in [3.63, 3.8) is 0 Å². The molecule has 1 aromatic heterocycles. The van der Waals surface area contributed by atoms with Crippen LogP contribution in [0, 0.1) is 19.7 Å². The molecule has 0 fully saturated rings. The normalized spacial score (nSPS) is 10.8. The van der Waals surface area contributed by atoms with E-state index in [1.165, 1.54) is 24.3 Å². The monoisotopic (exact) mass is 443 g/mol. The molecule has 1 heterocycles. The zero-order valence-electron chi connectivity index (χ0n) is 19.1. The highest BCUT2D eigenvalue weighted by molar-refractivity contribution is 6.04. The standard InChI is InChI=1S/C26H26FN5O/c1-16-13-17(2)23-22(14-16)24(31-26(30-23)32(3)4)28-15-18-5-11-21(12-6-18)29-25(33)19-7-9-20(27)10-8-19/h5-14H,15H2,1-4H3,(H,29,33)(H,28,30,31). The summed E-state index contributed by atoms with van der Waals surface area (Å²) < 4.78 is 13.1. The molecule has 0 aliphatic rings. The summed E-state index contributed by atoms with van der Waals surface area (Å²) >= 11 is 0. The molecule has 0 spiro atoms. The number of fused-ring (bicyclic) bond motifs is 1. The third kappa shape index (κ3) is 5.09. The minimum absolute atomic E-state index is 0.282. The van der Waals surface area contributed by atoms with Gasteiger partial charge in [-0.2, -0.15) is 4.98 Å². The third-order valence-electron chi connectivity index (χ3n) is 5.30. The van der Waals surface area contributed by atoms with Crippen LogP contribution < -0.4 is 15.5 Å². The van der Waals surface area contributed by atoms with Crippen LogP contribution in [-0.2, 0) is 6.54 Å². The number of nitrogens with zero attached hydrogens (tertiary/aromatic N) is 3. The molecule has 4 rings (SSSR count). The van der Waals surface area contributed by atoms with E-state index in [4.69, 9.17) is 9.97 Å². The third-order valence-corrected chi connectivity index (χ3v) is 5.30. The molecule has 3 aromatic carbocycles. The van der Waals surface area contributed by atoms with Crippen molar-refractivity contribution in [3.05, 3.63) is 88.7 Å². The number of carbonyl (C=O) groups excluding carboxylic acids is 1. The van der Waals surface area contributed by atoms with Crippen molar-refractivity contribution < 1.29 is 9.18 Å².